The van der Waals surface area contributed by atoms with Gasteiger partial charge in [0.2, 0.25) is 0 Å². The van der Waals surface area contributed by atoms with Crippen LogP contribution >= 0.6 is 0 Å². The molecule has 4 heteroatoms. The predicted octanol–water partition coefficient (Wildman–Crippen LogP) is 3.65. The van der Waals surface area contributed by atoms with Crippen LogP contribution in [0.4, 0.5) is 15.8 Å². The topological polar surface area (TPSA) is 37.0 Å². The summed E-state index contributed by atoms with van der Waals surface area (Å²) in [6.45, 7) is 3.48. The highest BCUT2D eigenvalue weighted by molar-refractivity contribution is 5.54. The Morgan fingerprint density at radius 1 is 1.11 bits per heavy atom. The van der Waals surface area contributed by atoms with Crippen molar-refractivity contribution in [3.05, 3.63) is 54.1 Å². The monoisotopic (exact) mass is 259 g/mol. The molecule has 0 aliphatic heterocycles. The van der Waals surface area contributed by atoms with Crippen LogP contribution in [0.3, 0.4) is 0 Å². The Bertz CT molecular complexity index is 528. The van der Waals surface area contributed by atoms with E-state index in [-0.39, 0.29) is 5.82 Å². The number of anilines is 2. The highest BCUT2D eigenvalue weighted by Crippen LogP contribution is 2.15. The fraction of sp³-hybridized carbons (Fsp3) is 0.267. The smallest absolute Gasteiger partial charge is 0.128 e. The zero-order valence-electron chi connectivity index (χ0n) is 11.0. The molecule has 19 heavy (non-hydrogen) atoms. The Balaban J connectivity index is 1.98. The van der Waals surface area contributed by atoms with Gasteiger partial charge in [0.05, 0.1) is 23.8 Å². The molecular formula is C15H18FN3. The minimum absolute atomic E-state index is 0.191. The molecule has 0 saturated carbocycles. The number of pyridine rings is 1. The Labute approximate surface area is 112 Å². The Kier molecular flexibility index (Phi) is 4.72. The van der Waals surface area contributed by atoms with Crippen LogP contribution < -0.4 is 10.6 Å². The molecule has 0 unspecified atom stereocenters. The van der Waals surface area contributed by atoms with Gasteiger partial charge in [-0.25, -0.2) is 4.39 Å². The lowest BCUT2D eigenvalue weighted by molar-refractivity contribution is 0.613. The van der Waals surface area contributed by atoms with Gasteiger partial charge >= 0.3 is 0 Å². The Hall–Kier alpha value is -2.10. The molecule has 0 atom stereocenters. The molecule has 2 aromatic rings. The van der Waals surface area contributed by atoms with Crippen molar-refractivity contribution in [1.82, 2.24) is 4.98 Å². The van der Waals surface area contributed by atoms with E-state index in [4.69, 9.17) is 0 Å². The standard InChI is InChI=1S/C15H18FN3/c1-2-7-18-13-8-14(11-17-10-13)19-9-12-5-3-4-6-15(12)16/h3-6,8,10-11,18-19H,2,7,9H2,1H3. The van der Waals surface area contributed by atoms with Gasteiger partial charge in [-0.1, -0.05) is 25.1 Å². The molecule has 1 aromatic carbocycles. The van der Waals surface area contributed by atoms with E-state index in [1.54, 1.807) is 24.5 Å². The second-order valence-electron chi connectivity index (χ2n) is 4.33. The Morgan fingerprint density at radius 2 is 1.84 bits per heavy atom. The summed E-state index contributed by atoms with van der Waals surface area (Å²) in [5.41, 5.74) is 2.50. The van der Waals surface area contributed by atoms with Gasteiger partial charge in [0.15, 0.2) is 0 Å². The van der Waals surface area contributed by atoms with Crippen LogP contribution in [-0.4, -0.2) is 11.5 Å². The maximum atomic E-state index is 13.5. The fourth-order valence-corrected chi connectivity index (χ4v) is 1.74. The third kappa shape index (κ3) is 3.95. The lowest BCUT2D eigenvalue weighted by Crippen LogP contribution is -2.04. The molecule has 0 saturated heterocycles. The summed E-state index contributed by atoms with van der Waals surface area (Å²) in [6.07, 6.45) is 4.58. The molecule has 0 fully saturated rings. The molecule has 0 aliphatic carbocycles. The van der Waals surface area contributed by atoms with Crippen LogP contribution in [0.5, 0.6) is 0 Å². The minimum atomic E-state index is -0.191. The van der Waals surface area contributed by atoms with Crippen molar-refractivity contribution >= 4 is 11.4 Å². The first-order valence-electron chi connectivity index (χ1n) is 6.46. The van der Waals surface area contributed by atoms with Gasteiger partial charge in [0.25, 0.3) is 0 Å². The van der Waals surface area contributed by atoms with Gasteiger partial charge in [-0.3, -0.25) is 4.98 Å². The largest absolute Gasteiger partial charge is 0.384 e. The molecule has 1 aromatic heterocycles. The quantitative estimate of drug-likeness (QED) is 0.831. The van der Waals surface area contributed by atoms with Gasteiger partial charge in [-0.15, -0.1) is 0 Å². The van der Waals surface area contributed by atoms with Gasteiger partial charge in [0, 0.05) is 18.7 Å². The van der Waals surface area contributed by atoms with Gasteiger partial charge < -0.3 is 10.6 Å². The fourth-order valence-electron chi connectivity index (χ4n) is 1.74. The van der Waals surface area contributed by atoms with E-state index in [9.17, 15) is 4.39 Å². The second kappa shape index (κ2) is 6.73. The minimum Gasteiger partial charge on any atom is -0.384 e. The molecular weight excluding hydrogens is 241 g/mol. The predicted molar refractivity (Wildman–Crippen MR) is 76.7 cm³/mol. The van der Waals surface area contributed by atoms with Crippen LogP contribution in [0, 0.1) is 5.82 Å². The van der Waals surface area contributed by atoms with Crippen molar-refractivity contribution in [3.8, 4) is 0 Å². The normalized spacial score (nSPS) is 10.2. The van der Waals surface area contributed by atoms with Gasteiger partial charge in [-0.2, -0.15) is 0 Å². The summed E-state index contributed by atoms with van der Waals surface area (Å²) in [5.74, 6) is -0.191. The molecule has 0 amide bonds. The summed E-state index contributed by atoms with van der Waals surface area (Å²) >= 11 is 0. The van der Waals surface area contributed by atoms with Crippen LogP contribution in [0.25, 0.3) is 0 Å². The molecule has 0 aliphatic rings. The average Bonchev–Trinajstić information content (AvgIpc) is 2.45. The number of aromatic nitrogens is 1. The van der Waals surface area contributed by atoms with E-state index in [1.165, 1.54) is 6.07 Å². The third-order valence-electron chi connectivity index (χ3n) is 2.76. The van der Waals surface area contributed by atoms with E-state index in [0.29, 0.717) is 12.1 Å². The summed E-state index contributed by atoms with van der Waals surface area (Å²) in [6, 6.07) is 8.74. The Morgan fingerprint density at radius 3 is 2.58 bits per heavy atom. The van der Waals surface area contributed by atoms with Gasteiger partial charge in [-0.05, 0) is 18.6 Å². The number of nitrogens with zero attached hydrogens (tertiary/aromatic N) is 1. The van der Waals surface area contributed by atoms with Crippen LogP contribution in [0.2, 0.25) is 0 Å². The highest BCUT2D eigenvalue weighted by atomic mass is 19.1. The van der Waals surface area contributed by atoms with Crippen LogP contribution in [-0.2, 0) is 6.54 Å². The van der Waals surface area contributed by atoms with E-state index >= 15 is 0 Å². The zero-order valence-corrected chi connectivity index (χ0v) is 11.0. The summed E-state index contributed by atoms with van der Waals surface area (Å²) in [4.78, 5) is 4.15. The number of hydrogen-bond donors (Lipinski definition) is 2. The summed E-state index contributed by atoms with van der Waals surface area (Å²) < 4.78 is 13.5. The number of nitrogens with one attached hydrogen (secondary N) is 2. The lowest BCUT2D eigenvalue weighted by Gasteiger charge is -2.09. The molecule has 2 N–H and O–H groups in total. The van der Waals surface area contributed by atoms with E-state index in [0.717, 1.165) is 24.3 Å². The number of rotatable bonds is 6. The zero-order chi connectivity index (χ0) is 13.5. The average molecular weight is 259 g/mol. The molecule has 0 spiro atoms. The second-order valence-corrected chi connectivity index (χ2v) is 4.33. The molecule has 1 heterocycles. The van der Waals surface area contributed by atoms with E-state index in [1.807, 2.05) is 12.1 Å². The molecule has 0 bridgehead atoms. The first-order valence-corrected chi connectivity index (χ1v) is 6.46. The molecule has 2 rings (SSSR count). The number of benzene rings is 1. The van der Waals surface area contributed by atoms with Gasteiger partial charge in [0.1, 0.15) is 5.82 Å². The summed E-state index contributed by atoms with van der Waals surface area (Å²) in [7, 11) is 0. The van der Waals surface area contributed by atoms with Crippen molar-refractivity contribution in [1.29, 1.82) is 0 Å². The number of halogens is 1. The van der Waals surface area contributed by atoms with Crippen molar-refractivity contribution < 1.29 is 4.39 Å². The highest BCUT2D eigenvalue weighted by Gasteiger charge is 2.01. The maximum Gasteiger partial charge on any atom is 0.128 e. The lowest BCUT2D eigenvalue weighted by atomic mass is 10.2. The number of hydrogen-bond acceptors (Lipinski definition) is 3. The van der Waals surface area contributed by atoms with Crippen LogP contribution in [0.1, 0.15) is 18.9 Å². The van der Waals surface area contributed by atoms with E-state index in [2.05, 4.69) is 22.5 Å². The molecule has 0 radical (unpaired) electrons. The van der Waals surface area contributed by atoms with E-state index < -0.39 is 0 Å². The van der Waals surface area contributed by atoms with Crippen molar-refractivity contribution in [2.45, 2.75) is 19.9 Å². The maximum absolute atomic E-state index is 13.5. The molecule has 3 nitrogen and oxygen atoms in total. The SMILES string of the molecule is CCCNc1cncc(NCc2ccccc2F)c1. The first-order chi connectivity index (χ1) is 9.29. The van der Waals surface area contributed by atoms with Crippen LogP contribution in [0.15, 0.2) is 42.7 Å². The van der Waals surface area contributed by atoms with Crippen molar-refractivity contribution in [2.75, 3.05) is 17.2 Å². The van der Waals surface area contributed by atoms with Crippen molar-refractivity contribution in [2.24, 2.45) is 0 Å². The molecule has 100 valence electrons. The van der Waals surface area contributed by atoms with Crippen molar-refractivity contribution in [3.63, 3.8) is 0 Å². The first kappa shape index (κ1) is 13.3. The third-order valence-corrected chi connectivity index (χ3v) is 2.76. The summed E-state index contributed by atoms with van der Waals surface area (Å²) in [5, 5.41) is 6.44.